The van der Waals surface area contributed by atoms with Crippen LogP contribution >= 0.6 is 27.3 Å². The highest BCUT2D eigenvalue weighted by Crippen LogP contribution is 2.21. The molecule has 2 aromatic carbocycles. The van der Waals surface area contributed by atoms with E-state index >= 15 is 0 Å². The standard InChI is InChI=1S/C20H15BrFN3O2S/c1-12(24-25-20(27)17-8-9-18(21)28-17)13-4-3-7-16(11-13)23-19(26)14-5-2-6-15(22)10-14/h2-11H,1H3,(H,23,26)(H,25,27)/b24-12-. The van der Waals surface area contributed by atoms with Gasteiger partial charge >= 0.3 is 0 Å². The molecule has 8 heteroatoms. The molecule has 1 aromatic heterocycles. The number of halogens is 2. The molecule has 3 rings (SSSR count). The number of carbonyl (C=O) groups excluding carboxylic acids is 2. The quantitative estimate of drug-likeness (QED) is 0.413. The third-order valence-corrected chi connectivity index (χ3v) is 5.37. The molecule has 0 unspecified atom stereocenters. The Morgan fingerprint density at radius 2 is 1.75 bits per heavy atom. The minimum atomic E-state index is -0.474. The molecule has 0 saturated carbocycles. The molecule has 0 bridgehead atoms. The number of hydrazone groups is 1. The molecule has 0 radical (unpaired) electrons. The van der Waals surface area contributed by atoms with Gasteiger partial charge in [0, 0.05) is 11.3 Å². The van der Waals surface area contributed by atoms with Crippen LogP contribution < -0.4 is 10.7 Å². The maximum Gasteiger partial charge on any atom is 0.281 e. The second kappa shape index (κ2) is 8.90. The predicted octanol–water partition coefficient (Wildman–Crippen LogP) is 5.06. The summed E-state index contributed by atoms with van der Waals surface area (Å²) >= 11 is 4.63. The summed E-state index contributed by atoms with van der Waals surface area (Å²) < 4.78 is 14.1. The Kier molecular flexibility index (Phi) is 6.33. The lowest BCUT2D eigenvalue weighted by molar-refractivity contribution is 0.0958. The molecule has 0 saturated heterocycles. The lowest BCUT2D eigenvalue weighted by Gasteiger charge is -2.08. The molecule has 5 nitrogen and oxygen atoms in total. The molecule has 0 aliphatic rings. The first-order valence-corrected chi connectivity index (χ1v) is 9.80. The van der Waals surface area contributed by atoms with Crippen LogP contribution in [0.5, 0.6) is 0 Å². The van der Waals surface area contributed by atoms with E-state index in [9.17, 15) is 14.0 Å². The molecule has 2 amide bonds. The van der Waals surface area contributed by atoms with E-state index < -0.39 is 11.7 Å². The number of hydrogen-bond acceptors (Lipinski definition) is 4. The topological polar surface area (TPSA) is 70.6 Å². The molecule has 28 heavy (non-hydrogen) atoms. The predicted molar refractivity (Wildman–Crippen MR) is 112 cm³/mol. The molecular weight excluding hydrogens is 445 g/mol. The fourth-order valence-corrected chi connectivity index (χ4v) is 3.62. The van der Waals surface area contributed by atoms with Crippen LogP contribution in [0.1, 0.15) is 32.5 Å². The Morgan fingerprint density at radius 3 is 2.46 bits per heavy atom. The smallest absolute Gasteiger partial charge is 0.281 e. The van der Waals surface area contributed by atoms with Crippen LogP contribution in [-0.4, -0.2) is 17.5 Å². The molecule has 3 aromatic rings. The molecule has 0 aliphatic carbocycles. The fourth-order valence-electron chi connectivity index (χ4n) is 2.35. The van der Waals surface area contributed by atoms with E-state index in [2.05, 4.69) is 31.8 Å². The van der Waals surface area contributed by atoms with Crippen molar-refractivity contribution in [1.82, 2.24) is 5.43 Å². The number of carbonyl (C=O) groups is 2. The third kappa shape index (κ3) is 5.11. The minimum Gasteiger partial charge on any atom is -0.322 e. The Bertz CT molecular complexity index is 1060. The van der Waals surface area contributed by atoms with Crippen molar-refractivity contribution in [3.8, 4) is 0 Å². The lowest BCUT2D eigenvalue weighted by Crippen LogP contribution is -2.18. The van der Waals surface area contributed by atoms with E-state index in [4.69, 9.17) is 0 Å². The van der Waals surface area contributed by atoms with Crippen molar-refractivity contribution in [2.24, 2.45) is 5.10 Å². The molecule has 0 aliphatic heterocycles. The Hall–Kier alpha value is -2.84. The highest BCUT2D eigenvalue weighted by Gasteiger charge is 2.10. The van der Waals surface area contributed by atoms with Crippen molar-refractivity contribution in [2.75, 3.05) is 5.32 Å². The zero-order valence-corrected chi connectivity index (χ0v) is 17.1. The zero-order chi connectivity index (χ0) is 20.1. The van der Waals surface area contributed by atoms with Crippen molar-refractivity contribution < 1.29 is 14.0 Å². The summed E-state index contributed by atoms with van der Waals surface area (Å²) in [6, 6.07) is 16.0. The molecule has 142 valence electrons. The number of rotatable bonds is 5. The van der Waals surface area contributed by atoms with Crippen molar-refractivity contribution in [1.29, 1.82) is 0 Å². The Morgan fingerprint density at radius 1 is 1.00 bits per heavy atom. The Labute approximate surface area is 173 Å². The van der Waals surface area contributed by atoms with Gasteiger partial charge in [0.2, 0.25) is 0 Å². The average molecular weight is 460 g/mol. The third-order valence-electron chi connectivity index (χ3n) is 3.75. The first kappa shape index (κ1) is 19.9. The molecular formula is C20H15BrFN3O2S. The van der Waals surface area contributed by atoms with Crippen LogP contribution in [-0.2, 0) is 0 Å². The first-order chi connectivity index (χ1) is 13.4. The Balaban J connectivity index is 1.69. The highest BCUT2D eigenvalue weighted by atomic mass is 79.9. The van der Waals surface area contributed by atoms with Gasteiger partial charge in [0.1, 0.15) is 5.82 Å². The van der Waals surface area contributed by atoms with Crippen LogP contribution in [0.25, 0.3) is 0 Å². The van der Waals surface area contributed by atoms with E-state index in [0.29, 0.717) is 16.3 Å². The van der Waals surface area contributed by atoms with Gasteiger partial charge in [0.25, 0.3) is 11.8 Å². The van der Waals surface area contributed by atoms with Crippen molar-refractivity contribution in [3.63, 3.8) is 0 Å². The number of hydrogen-bond donors (Lipinski definition) is 2. The van der Waals surface area contributed by atoms with Crippen LogP contribution in [0.15, 0.2) is 69.6 Å². The number of thiophene rings is 1. The molecule has 0 spiro atoms. The maximum absolute atomic E-state index is 13.3. The van der Waals surface area contributed by atoms with Crippen LogP contribution in [0.2, 0.25) is 0 Å². The number of benzene rings is 2. The van der Waals surface area contributed by atoms with Crippen molar-refractivity contribution >= 4 is 50.5 Å². The summed E-state index contributed by atoms with van der Waals surface area (Å²) in [4.78, 5) is 24.9. The van der Waals surface area contributed by atoms with E-state index in [0.717, 1.165) is 9.35 Å². The summed E-state index contributed by atoms with van der Waals surface area (Å²) in [6.45, 7) is 1.75. The van der Waals surface area contributed by atoms with Gasteiger partial charge in [-0.3, -0.25) is 9.59 Å². The van der Waals surface area contributed by atoms with Crippen LogP contribution in [0.3, 0.4) is 0 Å². The zero-order valence-electron chi connectivity index (χ0n) is 14.7. The van der Waals surface area contributed by atoms with Crippen molar-refractivity contribution in [3.05, 3.63) is 86.3 Å². The minimum absolute atomic E-state index is 0.227. The first-order valence-electron chi connectivity index (χ1n) is 8.20. The summed E-state index contributed by atoms with van der Waals surface area (Å²) in [5.41, 5.74) is 4.58. The molecule has 1 heterocycles. The van der Waals surface area contributed by atoms with E-state index in [-0.39, 0.29) is 11.5 Å². The molecule has 2 N–H and O–H groups in total. The van der Waals surface area contributed by atoms with E-state index in [1.807, 2.05) is 6.07 Å². The largest absolute Gasteiger partial charge is 0.322 e. The number of nitrogens with one attached hydrogen (secondary N) is 2. The highest BCUT2D eigenvalue weighted by molar-refractivity contribution is 9.11. The molecule has 0 fully saturated rings. The van der Waals surface area contributed by atoms with Crippen LogP contribution in [0, 0.1) is 5.82 Å². The molecule has 0 atom stereocenters. The van der Waals surface area contributed by atoms with Crippen molar-refractivity contribution in [2.45, 2.75) is 6.92 Å². The second-order valence-corrected chi connectivity index (χ2v) is 8.25. The summed E-state index contributed by atoms with van der Waals surface area (Å²) in [5.74, 6) is -1.19. The van der Waals surface area contributed by atoms with Gasteiger partial charge in [0.05, 0.1) is 14.4 Å². The summed E-state index contributed by atoms with van der Waals surface area (Å²) in [6.07, 6.45) is 0. The van der Waals surface area contributed by atoms with Gasteiger partial charge in [-0.05, 0) is 70.9 Å². The summed E-state index contributed by atoms with van der Waals surface area (Å²) in [5, 5.41) is 6.84. The van der Waals surface area contributed by atoms with Gasteiger partial charge in [-0.2, -0.15) is 5.10 Å². The normalized spacial score (nSPS) is 11.2. The van der Waals surface area contributed by atoms with E-state index in [1.165, 1.54) is 35.6 Å². The van der Waals surface area contributed by atoms with Gasteiger partial charge in [-0.25, -0.2) is 9.82 Å². The van der Waals surface area contributed by atoms with Gasteiger partial charge in [0.15, 0.2) is 0 Å². The second-order valence-electron chi connectivity index (χ2n) is 5.79. The number of amides is 2. The summed E-state index contributed by atoms with van der Waals surface area (Å²) in [7, 11) is 0. The SMILES string of the molecule is C/C(=N/NC(=O)c1ccc(Br)s1)c1cccc(NC(=O)c2cccc(F)c2)c1. The number of nitrogens with zero attached hydrogens (tertiary/aromatic N) is 1. The average Bonchev–Trinajstić information content (AvgIpc) is 3.12. The van der Waals surface area contributed by atoms with Gasteiger partial charge in [-0.1, -0.05) is 18.2 Å². The number of anilines is 1. The fraction of sp³-hybridized carbons (Fsp3) is 0.0500. The lowest BCUT2D eigenvalue weighted by atomic mass is 10.1. The van der Waals surface area contributed by atoms with Gasteiger partial charge < -0.3 is 5.32 Å². The van der Waals surface area contributed by atoms with Crippen LogP contribution in [0.4, 0.5) is 10.1 Å². The monoisotopic (exact) mass is 459 g/mol. The van der Waals surface area contributed by atoms with E-state index in [1.54, 1.807) is 37.3 Å². The maximum atomic E-state index is 13.3. The van der Waals surface area contributed by atoms with Gasteiger partial charge in [-0.15, -0.1) is 11.3 Å².